The van der Waals surface area contributed by atoms with Gasteiger partial charge in [-0.15, -0.1) is 0 Å². The molecule has 0 aromatic rings. The molecule has 2 saturated heterocycles. The maximum atomic E-state index is 12.5. The molecule has 2 aliphatic heterocycles. The van der Waals surface area contributed by atoms with Crippen molar-refractivity contribution in [2.75, 3.05) is 26.2 Å². The van der Waals surface area contributed by atoms with Crippen LogP contribution in [0.2, 0.25) is 0 Å². The number of primary amides is 1. The minimum Gasteiger partial charge on any atom is -0.465 e. The minimum atomic E-state index is -1.47. The van der Waals surface area contributed by atoms with Gasteiger partial charge in [0.05, 0.1) is 17.9 Å². The van der Waals surface area contributed by atoms with Gasteiger partial charge in [0.15, 0.2) is 6.10 Å². The third kappa shape index (κ3) is 4.38. The third-order valence-corrected chi connectivity index (χ3v) is 4.81. The van der Waals surface area contributed by atoms with Crippen molar-refractivity contribution in [1.29, 1.82) is 0 Å². The number of nitrogens with one attached hydrogen (secondary N) is 1. The number of hydrogen-bond donors (Lipinski definition) is 4. The molecule has 0 unspecified atom stereocenters. The average Bonchev–Trinajstić information content (AvgIpc) is 3.22. The van der Waals surface area contributed by atoms with Gasteiger partial charge in [-0.3, -0.25) is 14.4 Å². The van der Waals surface area contributed by atoms with Gasteiger partial charge < -0.3 is 31.1 Å². The van der Waals surface area contributed by atoms with Crippen LogP contribution in [0.4, 0.5) is 4.79 Å². The van der Waals surface area contributed by atoms with Gasteiger partial charge in [0.25, 0.3) is 0 Å². The van der Waals surface area contributed by atoms with Crippen molar-refractivity contribution in [3.8, 4) is 0 Å². The SMILES string of the molecule is C[C@H](NC(=O)[C@H]1CCN(C(=O)[C@@H]2CCN(C(=O)O)C2)C1)[C@@H](O)C(N)=O. The Bertz CT molecular complexity index is 568. The van der Waals surface area contributed by atoms with Gasteiger partial charge in [-0.25, -0.2) is 4.79 Å². The van der Waals surface area contributed by atoms with Gasteiger partial charge in [-0.1, -0.05) is 0 Å². The second-order valence-corrected chi connectivity index (χ2v) is 6.63. The predicted molar refractivity (Wildman–Crippen MR) is 85.2 cm³/mol. The van der Waals surface area contributed by atoms with Crippen LogP contribution < -0.4 is 11.1 Å². The molecule has 2 rings (SSSR count). The highest BCUT2D eigenvalue weighted by Crippen LogP contribution is 2.24. The molecule has 0 spiro atoms. The maximum Gasteiger partial charge on any atom is 0.407 e. The van der Waals surface area contributed by atoms with Crippen LogP contribution in [0.25, 0.3) is 0 Å². The Morgan fingerprint density at radius 3 is 2.20 bits per heavy atom. The van der Waals surface area contributed by atoms with E-state index in [1.807, 2.05) is 0 Å². The van der Waals surface area contributed by atoms with Crippen LogP contribution in [0.5, 0.6) is 0 Å². The molecule has 0 aromatic carbocycles. The Kier molecular flexibility index (Phi) is 5.83. The summed E-state index contributed by atoms with van der Waals surface area (Å²) in [5.74, 6) is -2.19. The molecule has 4 atom stereocenters. The minimum absolute atomic E-state index is 0.135. The largest absolute Gasteiger partial charge is 0.465 e. The van der Waals surface area contributed by atoms with E-state index in [0.29, 0.717) is 25.9 Å². The normalized spacial score (nSPS) is 25.5. The number of hydrogen-bond acceptors (Lipinski definition) is 5. The smallest absolute Gasteiger partial charge is 0.407 e. The van der Waals surface area contributed by atoms with E-state index in [0.717, 1.165) is 0 Å². The fourth-order valence-corrected chi connectivity index (χ4v) is 3.24. The molecule has 4 amide bonds. The predicted octanol–water partition coefficient (Wildman–Crippen LogP) is -1.81. The first kappa shape index (κ1) is 19.0. The van der Waals surface area contributed by atoms with Gasteiger partial charge in [0, 0.05) is 26.2 Å². The topological polar surface area (TPSA) is 153 Å². The van der Waals surface area contributed by atoms with E-state index in [-0.39, 0.29) is 30.8 Å². The zero-order valence-electron chi connectivity index (χ0n) is 14.1. The summed E-state index contributed by atoms with van der Waals surface area (Å²) >= 11 is 0. The fraction of sp³-hybridized carbons (Fsp3) is 0.733. The van der Waals surface area contributed by atoms with E-state index >= 15 is 0 Å². The first-order chi connectivity index (χ1) is 11.7. The summed E-state index contributed by atoms with van der Waals surface area (Å²) in [5, 5.41) is 21.0. The molecule has 0 bridgehead atoms. The zero-order valence-corrected chi connectivity index (χ0v) is 14.1. The Balaban J connectivity index is 1.84. The van der Waals surface area contributed by atoms with Gasteiger partial charge in [-0.05, 0) is 19.8 Å². The molecule has 0 aromatic heterocycles. The highest BCUT2D eigenvalue weighted by atomic mass is 16.4. The van der Waals surface area contributed by atoms with Crippen LogP contribution in [0, 0.1) is 11.8 Å². The molecule has 10 nitrogen and oxygen atoms in total. The van der Waals surface area contributed by atoms with Crippen molar-refractivity contribution < 1.29 is 29.4 Å². The standard InChI is InChI=1S/C15H24N4O6/c1-8(11(20)12(16)21)17-13(22)9-2-4-18(6-9)14(23)10-3-5-19(7-10)15(24)25/h8-11,20H,2-7H2,1H3,(H2,16,21)(H,17,22)(H,24,25)/t8-,9-,10+,11+/m0/s1. The van der Waals surface area contributed by atoms with Crippen molar-refractivity contribution in [2.24, 2.45) is 17.6 Å². The summed E-state index contributed by atoms with van der Waals surface area (Å²) < 4.78 is 0. The van der Waals surface area contributed by atoms with Crippen molar-refractivity contribution in [1.82, 2.24) is 15.1 Å². The summed E-state index contributed by atoms with van der Waals surface area (Å²) in [7, 11) is 0. The molecule has 10 heteroatoms. The maximum absolute atomic E-state index is 12.5. The van der Waals surface area contributed by atoms with Crippen LogP contribution in [0.15, 0.2) is 0 Å². The van der Waals surface area contributed by atoms with Crippen LogP contribution in [0.1, 0.15) is 19.8 Å². The number of amides is 4. The summed E-state index contributed by atoms with van der Waals surface area (Å²) in [6, 6.07) is -0.811. The summed E-state index contributed by atoms with van der Waals surface area (Å²) in [5.41, 5.74) is 4.99. The molecule has 2 heterocycles. The molecule has 0 radical (unpaired) electrons. The number of carbonyl (C=O) groups excluding carboxylic acids is 3. The molecule has 140 valence electrons. The van der Waals surface area contributed by atoms with Gasteiger partial charge in [0.2, 0.25) is 17.7 Å². The number of aliphatic hydroxyl groups excluding tert-OH is 1. The number of likely N-dealkylation sites (tertiary alicyclic amines) is 2. The second kappa shape index (κ2) is 7.68. The number of aliphatic hydroxyl groups is 1. The van der Waals surface area contributed by atoms with Crippen molar-refractivity contribution in [2.45, 2.75) is 31.9 Å². The van der Waals surface area contributed by atoms with E-state index in [1.54, 1.807) is 4.90 Å². The highest BCUT2D eigenvalue weighted by molar-refractivity contribution is 5.85. The van der Waals surface area contributed by atoms with E-state index in [2.05, 4.69) is 5.32 Å². The lowest BCUT2D eigenvalue weighted by molar-refractivity contribution is -0.134. The van der Waals surface area contributed by atoms with E-state index in [9.17, 15) is 24.3 Å². The monoisotopic (exact) mass is 356 g/mol. The zero-order chi connectivity index (χ0) is 18.7. The Labute approximate surface area is 144 Å². The molecule has 2 aliphatic rings. The van der Waals surface area contributed by atoms with Crippen molar-refractivity contribution >= 4 is 23.8 Å². The molecule has 25 heavy (non-hydrogen) atoms. The number of rotatable bonds is 5. The second-order valence-electron chi connectivity index (χ2n) is 6.63. The molecular formula is C15H24N4O6. The van der Waals surface area contributed by atoms with Crippen LogP contribution in [-0.4, -0.2) is 82.2 Å². The summed E-state index contributed by atoms with van der Waals surface area (Å²) in [6.45, 7) is 2.67. The summed E-state index contributed by atoms with van der Waals surface area (Å²) in [4.78, 5) is 49.4. The molecule has 2 fully saturated rings. The van der Waals surface area contributed by atoms with Crippen LogP contribution >= 0.6 is 0 Å². The van der Waals surface area contributed by atoms with E-state index in [1.165, 1.54) is 11.8 Å². The highest BCUT2D eigenvalue weighted by Gasteiger charge is 2.38. The Hall–Kier alpha value is -2.36. The quantitative estimate of drug-likeness (QED) is 0.455. The molecule has 5 N–H and O–H groups in total. The lowest BCUT2D eigenvalue weighted by Gasteiger charge is -2.22. The van der Waals surface area contributed by atoms with Crippen LogP contribution in [0.3, 0.4) is 0 Å². The first-order valence-electron chi connectivity index (χ1n) is 8.25. The fourth-order valence-electron chi connectivity index (χ4n) is 3.24. The number of nitrogens with zero attached hydrogens (tertiary/aromatic N) is 2. The number of nitrogens with two attached hydrogens (primary N) is 1. The lowest BCUT2D eigenvalue weighted by Crippen LogP contribution is -2.49. The molecule has 0 saturated carbocycles. The van der Waals surface area contributed by atoms with E-state index < -0.39 is 30.1 Å². The van der Waals surface area contributed by atoms with Crippen LogP contribution in [-0.2, 0) is 14.4 Å². The number of carboxylic acid groups (broad SMARTS) is 1. The van der Waals surface area contributed by atoms with Crippen molar-refractivity contribution in [3.05, 3.63) is 0 Å². The van der Waals surface area contributed by atoms with Crippen molar-refractivity contribution in [3.63, 3.8) is 0 Å². The average molecular weight is 356 g/mol. The first-order valence-corrected chi connectivity index (χ1v) is 8.25. The summed E-state index contributed by atoms with van der Waals surface area (Å²) in [6.07, 6.45) is -1.54. The molecule has 0 aliphatic carbocycles. The van der Waals surface area contributed by atoms with Gasteiger partial charge >= 0.3 is 6.09 Å². The third-order valence-electron chi connectivity index (χ3n) is 4.81. The number of carbonyl (C=O) groups is 4. The lowest BCUT2D eigenvalue weighted by atomic mass is 10.1. The Morgan fingerprint density at radius 1 is 1.08 bits per heavy atom. The Morgan fingerprint density at radius 2 is 1.64 bits per heavy atom. The van der Waals surface area contributed by atoms with Gasteiger partial charge in [0.1, 0.15) is 0 Å². The van der Waals surface area contributed by atoms with E-state index in [4.69, 9.17) is 10.8 Å². The molecular weight excluding hydrogens is 332 g/mol. The van der Waals surface area contributed by atoms with Gasteiger partial charge in [-0.2, -0.15) is 0 Å².